The molecule has 0 heterocycles. The van der Waals surface area contributed by atoms with Gasteiger partial charge in [-0.25, -0.2) is 9.59 Å². The van der Waals surface area contributed by atoms with Crippen LogP contribution in [0, 0.1) is 0 Å². The molecule has 0 amide bonds. The van der Waals surface area contributed by atoms with Crippen LogP contribution in [-0.2, 0) is 14.3 Å². The van der Waals surface area contributed by atoms with E-state index in [0.29, 0.717) is 17.1 Å². The summed E-state index contributed by atoms with van der Waals surface area (Å²) in [7, 11) is 2.97. The average molecular weight is 382 g/mol. The second kappa shape index (κ2) is 8.38. The molecule has 148 valence electrons. The zero-order valence-corrected chi connectivity index (χ0v) is 14.9. The molecule has 0 aromatic heterocycles. The molecule has 1 aliphatic rings. The molecule has 1 aromatic rings. The van der Waals surface area contributed by atoms with Crippen LogP contribution < -0.4 is 9.47 Å². The second-order valence-electron chi connectivity index (χ2n) is 6.23. The summed E-state index contributed by atoms with van der Waals surface area (Å²) in [6.07, 6.45) is -2.96. The topological polar surface area (TPSA) is 143 Å². The number of esters is 1. The molecule has 1 aliphatic carbocycles. The zero-order chi connectivity index (χ0) is 20.2. The van der Waals surface area contributed by atoms with Gasteiger partial charge in [-0.1, -0.05) is 6.07 Å². The van der Waals surface area contributed by atoms with Gasteiger partial charge < -0.3 is 34.6 Å². The number of aliphatic hydroxyl groups excluding tert-OH is 2. The van der Waals surface area contributed by atoms with Crippen molar-refractivity contribution < 1.29 is 44.2 Å². The lowest BCUT2D eigenvalue weighted by atomic mass is 9.79. The molecule has 2 rings (SSSR count). The number of carboxylic acids is 1. The monoisotopic (exact) mass is 382 g/mol. The molecule has 1 saturated carbocycles. The van der Waals surface area contributed by atoms with Crippen LogP contribution in [0.25, 0.3) is 6.08 Å². The summed E-state index contributed by atoms with van der Waals surface area (Å²) in [5, 5.41) is 38.8. The predicted molar refractivity (Wildman–Crippen MR) is 92.3 cm³/mol. The second-order valence-corrected chi connectivity index (χ2v) is 6.23. The molecule has 0 aliphatic heterocycles. The molecule has 4 N–H and O–H groups in total. The SMILES string of the molecule is COc1ccc(/C=C/C(=O)OC2[C@@H](O)CC(O)(C(=O)O)C[C@@H]2O)cc1OC. The highest BCUT2D eigenvalue weighted by molar-refractivity contribution is 5.87. The van der Waals surface area contributed by atoms with Crippen LogP contribution in [0.3, 0.4) is 0 Å². The van der Waals surface area contributed by atoms with Gasteiger partial charge in [0.25, 0.3) is 0 Å². The van der Waals surface area contributed by atoms with Crippen LogP contribution in [-0.4, -0.2) is 70.5 Å². The average Bonchev–Trinajstić information content (AvgIpc) is 2.62. The lowest BCUT2D eigenvalue weighted by Gasteiger charge is -2.39. The summed E-state index contributed by atoms with van der Waals surface area (Å²) < 4.78 is 15.3. The van der Waals surface area contributed by atoms with E-state index in [1.54, 1.807) is 18.2 Å². The maximum absolute atomic E-state index is 12.0. The quantitative estimate of drug-likeness (QED) is 0.394. The van der Waals surface area contributed by atoms with Gasteiger partial charge in [0.05, 0.1) is 26.4 Å². The van der Waals surface area contributed by atoms with Crippen LogP contribution >= 0.6 is 0 Å². The third-order valence-electron chi connectivity index (χ3n) is 4.32. The van der Waals surface area contributed by atoms with Crippen molar-refractivity contribution in [2.45, 2.75) is 36.8 Å². The van der Waals surface area contributed by atoms with Gasteiger partial charge in [-0.3, -0.25) is 0 Å². The smallest absolute Gasteiger partial charge is 0.335 e. The Kier molecular flexibility index (Phi) is 6.42. The number of aliphatic carboxylic acids is 1. The molecule has 9 heteroatoms. The van der Waals surface area contributed by atoms with Crippen LogP contribution in [0.5, 0.6) is 11.5 Å². The van der Waals surface area contributed by atoms with Crippen molar-refractivity contribution in [1.82, 2.24) is 0 Å². The summed E-state index contributed by atoms with van der Waals surface area (Å²) in [6.45, 7) is 0. The van der Waals surface area contributed by atoms with E-state index in [9.17, 15) is 24.9 Å². The van der Waals surface area contributed by atoms with E-state index in [1.807, 2.05) is 0 Å². The molecule has 0 spiro atoms. The number of benzene rings is 1. The molecule has 1 fully saturated rings. The van der Waals surface area contributed by atoms with Crippen molar-refractivity contribution in [3.8, 4) is 11.5 Å². The van der Waals surface area contributed by atoms with E-state index >= 15 is 0 Å². The maximum atomic E-state index is 12.0. The first kappa shape index (κ1) is 20.7. The van der Waals surface area contributed by atoms with Gasteiger partial charge in [-0.15, -0.1) is 0 Å². The van der Waals surface area contributed by atoms with Crippen molar-refractivity contribution in [2.75, 3.05) is 14.2 Å². The Hall–Kier alpha value is -2.62. The largest absolute Gasteiger partial charge is 0.493 e. The van der Waals surface area contributed by atoms with Crippen molar-refractivity contribution in [3.05, 3.63) is 29.8 Å². The van der Waals surface area contributed by atoms with Crippen molar-refractivity contribution >= 4 is 18.0 Å². The van der Waals surface area contributed by atoms with E-state index in [-0.39, 0.29) is 0 Å². The van der Waals surface area contributed by atoms with Crippen molar-refractivity contribution in [1.29, 1.82) is 0 Å². The molecule has 0 radical (unpaired) electrons. The Balaban J connectivity index is 2.03. The molecule has 0 saturated heterocycles. The molecule has 9 nitrogen and oxygen atoms in total. The number of carbonyl (C=O) groups excluding carboxylic acids is 1. The van der Waals surface area contributed by atoms with Crippen LogP contribution in [0.15, 0.2) is 24.3 Å². The number of rotatable bonds is 6. The third kappa shape index (κ3) is 4.76. The van der Waals surface area contributed by atoms with Gasteiger partial charge in [0.2, 0.25) is 0 Å². The fourth-order valence-corrected chi connectivity index (χ4v) is 2.89. The molecular weight excluding hydrogens is 360 g/mol. The number of carboxylic acid groups (broad SMARTS) is 1. The number of ether oxygens (including phenoxy) is 3. The van der Waals surface area contributed by atoms with E-state index in [2.05, 4.69) is 0 Å². The minimum atomic E-state index is -2.27. The summed E-state index contributed by atoms with van der Waals surface area (Å²) in [4.78, 5) is 23.0. The van der Waals surface area contributed by atoms with Crippen LogP contribution in [0.2, 0.25) is 0 Å². The maximum Gasteiger partial charge on any atom is 0.335 e. The van der Waals surface area contributed by atoms with Crippen molar-refractivity contribution in [3.63, 3.8) is 0 Å². The summed E-state index contributed by atoms with van der Waals surface area (Å²) >= 11 is 0. The first-order chi connectivity index (χ1) is 12.7. The highest BCUT2D eigenvalue weighted by atomic mass is 16.6. The van der Waals surface area contributed by atoms with Gasteiger partial charge in [0.15, 0.2) is 23.2 Å². The number of hydrogen-bond donors (Lipinski definition) is 4. The lowest BCUT2D eigenvalue weighted by molar-refractivity contribution is -0.196. The minimum Gasteiger partial charge on any atom is -0.493 e. The molecule has 27 heavy (non-hydrogen) atoms. The predicted octanol–water partition coefficient (Wildman–Crippen LogP) is -0.0399. The summed E-state index contributed by atoms with van der Waals surface area (Å²) in [6, 6.07) is 4.98. The fourth-order valence-electron chi connectivity index (χ4n) is 2.89. The third-order valence-corrected chi connectivity index (χ3v) is 4.32. The number of methoxy groups -OCH3 is 2. The van der Waals surface area contributed by atoms with Crippen LogP contribution in [0.1, 0.15) is 18.4 Å². The van der Waals surface area contributed by atoms with Crippen molar-refractivity contribution in [2.24, 2.45) is 0 Å². The van der Waals surface area contributed by atoms with Gasteiger partial charge in [-0.05, 0) is 23.8 Å². The first-order valence-electron chi connectivity index (χ1n) is 8.13. The van der Waals surface area contributed by atoms with Gasteiger partial charge in [0.1, 0.15) is 0 Å². The Labute approximate surface area is 155 Å². The first-order valence-corrected chi connectivity index (χ1v) is 8.13. The highest BCUT2D eigenvalue weighted by Crippen LogP contribution is 2.31. The van der Waals surface area contributed by atoms with Gasteiger partial charge in [0, 0.05) is 18.9 Å². The standard InChI is InChI=1S/C18H22O9/c1-25-13-5-3-10(7-14(13)26-2)4-6-15(21)27-16-11(19)8-18(24,17(22)23)9-12(16)20/h3-7,11-12,16,19-20,24H,8-9H2,1-2H3,(H,22,23)/b6-4+/t11-,12-,16?,18?/m0/s1. The van der Waals surface area contributed by atoms with E-state index in [4.69, 9.17) is 19.3 Å². The molecular formula is C18H22O9. The number of aliphatic hydroxyl groups is 3. The molecule has 0 unspecified atom stereocenters. The van der Waals surface area contributed by atoms with Gasteiger partial charge >= 0.3 is 11.9 Å². The lowest BCUT2D eigenvalue weighted by Crippen LogP contribution is -2.57. The molecule has 2 atom stereocenters. The highest BCUT2D eigenvalue weighted by Gasteiger charge is 2.50. The van der Waals surface area contributed by atoms with E-state index in [0.717, 1.165) is 6.08 Å². The summed E-state index contributed by atoms with van der Waals surface area (Å²) in [5.74, 6) is -1.40. The minimum absolute atomic E-state index is 0.471. The zero-order valence-electron chi connectivity index (χ0n) is 14.9. The van der Waals surface area contributed by atoms with E-state index < -0.39 is 48.7 Å². The normalized spacial score (nSPS) is 28.0. The number of hydrogen-bond acceptors (Lipinski definition) is 8. The Morgan fingerprint density at radius 3 is 2.22 bits per heavy atom. The van der Waals surface area contributed by atoms with Gasteiger partial charge in [-0.2, -0.15) is 0 Å². The Morgan fingerprint density at radius 1 is 1.11 bits per heavy atom. The van der Waals surface area contributed by atoms with E-state index in [1.165, 1.54) is 20.3 Å². The molecule has 1 aromatic carbocycles. The molecule has 0 bridgehead atoms. The fraction of sp³-hybridized carbons (Fsp3) is 0.444. The Morgan fingerprint density at radius 2 is 1.70 bits per heavy atom. The van der Waals surface area contributed by atoms with Crippen LogP contribution in [0.4, 0.5) is 0 Å². The summed E-state index contributed by atoms with van der Waals surface area (Å²) in [5.41, 5.74) is -1.65. The number of carbonyl (C=O) groups is 2. The Bertz CT molecular complexity index is 716.